The van der Waals surface area contributed by atoms with Gasteiger partial charge >= 0.3 is 0 Å². The summed E-state index contributed by atoms with van der Waals surface area (Å²) in [6.07, 6.45) is 0.924. The number of halogens is 1. The molecule has 0 aliphatic carbocycles. The van der Waals surface area contributed by atoms with Crippen molar-refractivity contribution in [3.8, 4) is 0 Å². The Morgan fingerprint density at radius 1 is 1.50 bits per heavy atom. The Balaban J connectivity index is 1.67. The molecule has 1 aromatic rings. The lowest BCUT2D eigenvalue weighted by atomic mass is 9.84. The van der Waals surface area contributed by atoms with Gasteiger partial charge in [0.25, 0.3) is 5.91 Å². The monoisotopic (exact) mass is 278 g/mol. The summed E-state index contributed by atoms with van der Waals surface area (Å²) < 4.78 is 13.2. The highest BCUT2D eigenvalue weighted by Crippen LogP contribution is 2.39. The van der Waals surface area contributed by atoms with Crippen molar-refractivity contribution < 1.29 is 14.3 Å². The van der Waals surface area contributed by atoms with Crippen molar-refractivity contribution in [2.75, 3.05) is 33.3 Å². The second kappa shape index (κ2) is 4.82. The zero-order chi connectivity index (χ0) is 14.3. The van der Waals surface area contributed by atoms with E-state index >= 15 is 0 Å². The van der Waals surface area contributed by atoms with Crippen LogP contribution in [0.3, 0.4) is 0 Å². The molecule has 0 saturated carbocycles. The van der Waals surface area contributed by atoms with Gasteiger partial charge in [-0.1, -0.05) is 6.07 Å². The van der Waals surface area contributed by atoms with Crippen LogP contribution in [0.15, 0.2) is 24.3 Å². The number of hydrogen-bond acceptors (Lipinski definition) is 3. The number of carbonyl (C=O) groups excluding carboxylic acids is 1. The van der Waals surface area contributed by atoms with E-state index in [1.807, 2.05) is 7.05 Å². The maximum atomic E-state index is 13.2. The van der Waals surface area contributed by atoms with Gasteiger partial charge in [-0.2, -0.15) is 0 Å². The van der Waals surface area contributed by atoms with Gasteiger partial charge in [0.2, 0.25) is 0 Å². The number of benzene rings is 1. The molecule has 2 saturated heterocycles. The Morgan fingerprint density at radius 2 is 2.25 bits per heavy atom. The molecule has 20 heavy (non-hydrogen) atoms. The highest BCUT2D eigenvalue weighted by molar-refractivity contribution is 5.95. The summed E-state index contributed by atoms with van der Waals surface area (Å²) >= 11 is 0. The lowest BCUT2D eigenvalue weighted by Gasteiger charge is -2.52. The first kappa shape index (κ1) is 13.5. The van der Waals surface area contributed by atoms with Gasteiger partial charge in [0.15, 0.2) is 0 Å². The number of likely N-dealkylation sites (N-methyl/N-ethyl adjacent to an activating group) is 1. The molecule has 2 heterocycles. The first-order valence-electron chi connectivity index (χ1n) is 6.91. The van der Waals surface area contributed by atoms with E-state index in [2.05, 4.69) is 4.90 Å². The third kappa shape index (κ3) is 2.11. The average molecular weight is 278 g/mol. The Morgan fingerprint density at radius 3 is 2.85 bits per heavy atom. The fourth-order valence-electron chi connectivity index (χ4n) is 3.44. The molecule has 3 rings (SSSR count). The number of likely N-dealkylation sites (tertiary alicyclic amines) is 2. The normalized spacial score (nSPS) is 24.9. The highest BCUT2D eigenvalue weighted by atomic mass is 19.1. The summed E-state index contributed by atoms with van der Waals surface area (Å²) in [5.41, 5.74) is 0.412. The Bertz CT molecular complexity index is 528. The number of nitrogens with zero attached hydrogens (tertiary/aromatic N) is 2. The van der Waals surface area contributed by atoms with Crippen molar-refractivity contribution in [1.29, 1.82) is 0 Å². The molecule has 2 aliphatic rings. The van der Waals surface area contributed by atoms with E-state index in [1.165, 1.54) is 12.1 Å². The first-order valence-corrected chi connectivity index (χ1v) is 6.91. The van der Waals surface area contributed by atoms with Crippen molar-refractivity contribution in [3.05, 3.63) is 35.6 Å². The lowest BCUT2D eigenvalue weighted by molar-refractivity contribution is -0.00776. The minimum atomic E-state index is -0.385. The van der Waals surface area contributed by atoms with Crippen LogP contribution in [0.2, 0.25) is 0 Å². The summed E-state index contributed by atoms with van der Waals surface area (Å²) in [5.74, 6) is -0.202. The molecule has 108 valence electrons. The quantitative estimate of drug-likeness (QED) is 0.876. The zero-order valence-corrected chi connectivity index (χ0v) is 11.6. The van der Waals surface area contributed by atoms with Gasteiger partial charge in [-0.15, -0.1) is 0 Å². The van der Waals surface area contributed by atoms with Crippen molar-refractivity contribution in [2.24, 2.45) is 5.92 Å². The first-order chi connectivity index (χ1) is 9.54. The van der Waals surface area contributed by atoms with Gasteiger partial charge in [-0.05, 0) is 37.6 Å². The third-order valence-corrected chi connectivity index (χ3v) is 4.60. The van der Waals surface area contributed by atoms with Crippen LogP contribution < -0.4 is 0 Å². The molecular weight excluding hydrogens is 259 g/mol. The number of aliphatic hydroxyl groups is 1. The average Bonchev–Trinajstić information content (AvgIpc) is 2.73. The molecule has 1 aromatic carbocycles. The highest BCUT2D eigenvalue weighted by Gasteiger charge is 2.52. The largest absolute Gasteiger partial charge is 0.396 e. The van der Waals surface area contributed by atoms with Crippen molar-refractivity contribution in [3.63, 3.8) is 0 Å². The molecule has 0 aromatic heterocycles. The standard InChI is InChI=1S/C15H19FN2O2/c1-17-7-11(8-19)6-15(17)9-18(10-15)14(20)12-3-2-4-13(16)5-12/h2-5,11,19H,6-10H2,1H3/t11-/m0/s1. The van der Waals surface area contributed by atoms with Crippen LogP contribution in [0, 0.1) is 11.7 Å². The summed E-state index contributed by atoms with van der Waals surface area (Å²) in [4.78, 5) is 16.3. The molecule has 5 heteroatoms. The molecule has 1 atom stereocenters. The molecule has 0 radical (unpaired) electrons. The maximum absolute atomic E-state index is 13.2. The number of rotatable bonds is 2. The third-order valence-electron chi connectivity index (χ3n) is 4.60. The molecule has 1 N–H and O–H groups in total. The zero-order valence-electron chi connectivity index (χ0n) is 11.6. The van der Waals surface area contributed by atoms with Crippen molar-refractivity contribution in [1.82, 2.24) is 9.80 Å². The van der Waals surface area contributed by atoms with Crippen molar-refractivity contribution in [2.45, 2.75) is 12.0 Å². The van der Waals surface area contributed by atoms with Crippen LogP contribution in [-0.2, 0) is 0 Å². The fourth-order valence-corrected chi connectivity index (χ4v) is 3.44. The van der Waals surface area contributed by atoms with E-state index in [-0.39, 0.29) is 23.9 Å². The number of hydrogen-bond donors (Lipinski definition) is 1. The van der Waals surface area contributed by atoms with Gasteiger partial charge < -0.3 is 10.0 Å². The minimum absolute atomic E-state index is 0.0103. The van der Waals surface area contributed by atoms with E-state index in [1.54, 1.807) is 17.0 Å². The van der Waals surface area contributed by atoms with Crippen LogP contribution in [0.4, 0.5) is 4.39 Å². The van der Waals surface area contributed by atoms with E-state index in [0.717, 1.165) is 13.0 Å². The van der Waals surface area contributed by atoms with Crippen LogP contribution in [0.1, 0.15) is 16.8 Å². The van der Waals surface area contributed by atoms with Gasteiger partial charge in [0, 0.05) is 31.8 Å². The van der Waals surface area contributed by atoms with Crippen LogP contribution in [0.5, 0.6) is 0 Å². The Labute approximate surface area is 117 Å². The van der Waals surface area contributed by atoms with Gasteiger partial charge in [0.05, 0.1) is 5.54 Å². The number of carbonyl (C=O) groups is 1. The van der Waals surface area contributed by atoms with E-state index in [4.69, 9.17) is 0 Å². The maximum Gasteiger partial charge on any atom is 0.254 e. The van der Waals surface area contributed by atoms with Crippen LogP contribution in [-0.4, -0.2) is 59.6 Å². The van der Waals surface area contributed by atoms with Crippen molar-refractivity contribution >= 4 is 5.91 Å². The van der Waals surface area contributed by atoms with Gasteiger partial charge in [-0.25, -0.2) is 4.39 Å². The fraction of sp³-hybridized carbons (Fsp3) is 0.533. The summed E-state index contributed by atoms with van der Waals surface area (Å²) in [7, 11) is 2.04. The number of aliphatic hydroxyl groups excluding tert-OH is 1. The molecule has 0 unspecified atom stereocenters. The molecule has 0 bridgehead atoms. The molecule has 1 spiro atoms. The number of amides is 1. The molecule has 4 nitrogen and oxygen atoms in total. The Kier molecular flexibility index (Phi) is 3.26. The topological polar surface area (TPSA) is 43.8 Å². The van der Waals surface area contributed by atoms with E-state index in [9.17, 15) is 14.3 Å². The summed E-state index contributed by atoms with van der Waals surface area (Å²) in [5, 5.41) is 9.27. The lowest BCUT2D eigenvalue weighted by Crippen LogP contribution is -2.68. The smallest absolute Gasteiger partial charge is 0.254 e. The molecular formula is C15H19FN2O2. The van der Waals surface area contributed by atoms with Crippen LogP contribution in [0.25, 0.3) is 0 Å². The van der Waals surface area contributed by atoms with Crippen LogP contribution >= 0.6 is 0 Å². The molecule has 1 amide bonds. The molecule has 2 aliphatic heterocycles. The van der Waals surface area contributed by atoms with E-state index < -0.39 is 0 Å². The van der Waals surface area contributed by atoms with Gasteiger partial charge in [0.1, 0.15) is 5.82 Å². The predicted octanol–water partition coefficient (Wildman–Crippen LogP) is 0.964. The SMILES string of the molecule is CN1C[C@@H](CO)CC12CN(C(=O)c1cccc(F)c1)C2. The minimum Gasteiger partial charge on any atom is -0.396 e. The second-order valence-corrected chi connectivity index (χ2v) is 6.03. The van der Waals surface area contributed by atoms with E-state index in [0.29, 0.717) is 24.6 Å². The summed E-state index contributed by atoms with van der Waals surface area (Å²) in [6, 6.07) is 5.82. The Hall–Kier alpha value is -1.46. The second-order valence-electron chi connectivity index (χ2n) is 6.03. The summed E-state index contributed by atoms with van der Waals surface area (Å²) in [6.45, 7) is 2.40. The van der Waals surface area contributed by atoms with Gasteiger partial charge in [-0.3, -0.25) is 9.69 Å². The molecule has 2 fully saturated rings. The predicted molar refractivity (Wildman–Crippen MR) is 72.9 cm³/mol.